The van der Waals surface area contributed by atoms with E-state index in [1.54, 1.807) is 0 Å². The molecule has 1 atom stereocenters. The van der Waals surface area contributed by atoms with Crippen LogP contribution in [0.3, 0.4) is 0 Å². The summed E-state index contributed by atoms with van der Waals surface area (Å²) in [5.41, 5.74) is 3.54. The van der Waals surface area contributed by atoms with Gasteiger partial charge in [0.2, 0.25) is 0 Å². The molecule has 0 radical (unpaired) electrons. The maximum atomic E-state index is 11.2. The Balaban J connectivity index is 2.39. The van der Waals surface area contributed by atoms with E-state index in [2.05, 4.69) is 24.0 Å². The fraction of sp³-hybridized carbons (Fsp3) is 0.182. The first-order valence-electron chi connectivity index (χ1n) is 4.59. The van der Waals surface area contributed by atoms with E-state index >= 15 is 0 Å². The van der Waals surface area contributed by atoms with Gasteiger partial charge >= 0.3 is 4.87 Å². The van der Waals surface area contributed by atoms with Gasteiger partial charge in [-0.15, -0.1) is 0 Å². The largest absolute Gasteiger partial charge is 0.312 e. The van der Waals surface area contributed by atoms with Crippen molar-refractivity contribution in [3.8, 4) is 11.3 Å². The van der Waals surface area contributed by atoms with Gasteiger partial charge in [0, 0.05) is 16.4 Å². The highest BCUT2D eigenvalue weighted by Gasteiger charge is 2.27. The molecule has 70 valence electrons. The van der Waals surface area contributed by atoms with Crippen LogP contribution in [0.15, 0.2) is 29.1 Å². The van der Waals surface area contributed by atoms with Crippen molar-refractivity contribution in [2.24, 2.45) is 0 Å². The first-order valence-corrected chi connectivity index (χ1v) is 5.41. The molecule has 2 aromatic rings. The Morgan fingerprint density at radius 1 is 1.36 bits per heavy atom. The standard InChI is InChI=1S/C11H9NOS/c1-6-7-4-2-3-5-8(7)9-10(6)14-11(13)12-9/h2-6H,1H3,(H,12,13). The molecule has 14 heavy (non-hydrogen) atoms. The summed E-state index contributed by atoms with van der Waals surface area (Å²) in [4.78, 5) is 15.4. The fourth-order valence-electron chi connectivity index (χ4n) is 2.09. The second kappa shape index (κ2) is 2.58. The molecule has 1 unspecified atom stereocenters. The lowest BCUT2D eigenvalue weighted by molar-refractivity contribution is 0.979. The minimum atomic E-state index is 0.0522. The second-order valence-electron chi connectivity index (χ2n) is 3.56. The second-order valence-corrected chi connectivity index (χ2v) is 4.58. The summed E-state index contributed by atoms with van der Waals surface area (Å²) in [6.07, 6.45) is 0. The first-order chi connectivity index (χ1) is 6.77. The Morgan fingerprint density at radius 2 is 2.14 bits per heavy atom. The monoisotopic (exact) mass is 203 g/mol. The molecule has 3 rings (SSSR count). The van der Waals surface area contributed by atoms with Crippen LogP contribution in [0.1, 0.15) is 23.3 Å². The van der Waals surface area contributed by atoms with Gasteiger partial charge in [0.1, 0.15) is 0 Å². The van der Waals surface area contributed by atoms with Crippen LogP contribution >= 0.6 is 11.3 Å². The zero-order chi connectivity index (χ0) is 9.71. The number of hydrogen-bond acceptors (Lipinski definition) is 2. The molecule has 0 saturated carbocycles. The Hall–Kier alpha value is -1.35. The summed E-state index contributed by atoms with van der Waals surface area (Å²) in [6, 6.07) is 8.26. The molecule has 0 saturated heterocycles. The minimum Gasteiger partial charge on any atom is -0.312 e. The van der Waals surface area contributed by atoms with Gasteiger partial charge < -0.3 is 4.98 Å². The smallest absolute Gasteiger partial charge is 0.305 e. The SMILES string of the molecule is CC1c2ccccc2-c2[nH]c(=O)sc21. The van der Waals surface area contributed by atoms with Crippen LogP contribution in [0, 0.1) is 0 Å². The molecule has 1 aliphatic carbocycles. The van der Waals surface area contributed by atoms with E-state index < -0.39 is 0 Å². The van der Waals surface area contributed by atoms with Crippen LogP contribution < -0.4 is 4.87 Å². The lowest BCUT2D eigenvalue weighted by atomic mass is 10.0. The van der Waals surface area contributed by atoms with Crippen molar-refractivity contribution in [3.63, 3.8) is 0 Å². The predicted octanol–water partition coefficient (Wildman–Crippen LogP) is 2.57. The van der Waals surface area contributed by atoms with E-state index in [4.69, 9.17) is 0 Å². The van der Waals surface area contributed by atoms with E-state index in [9.17, 15) is 4.79 Å². The highest BCUT2D eigenvalue weighted by Crippen LogP contribution is 2.44. The molecule has 2 nitrogen and oxygen atoms in total. The maximum absolute atomic E-state index is 11.2. The Labute approximate surface area is 85.2 Å². The van der Waals surface area contributed by atoms with Gasteiger partial charge in [-0.05, 0) is 5.56 Å². The van der Waals surface area contributed by atoms with Gasteiger partial charge in [0.05, 0.1) is 5.69 Å². The highest BCUT2D eigenvalue weighted by molar-refractivity contribution is 7.09. The molecular formula is C11H9NOS. The number of fused-ring (bicyclic) bond motifs is 3. The molecule has 1 N–H and O–H groups in total. The van der Waals surface area contributed by atoms with Crippen LogP contribution in [0.5, 0.6) is 0 Å². The van der Waals surface area contributed by atoms with Crippen molar-refractivity contribution in [1.82, 2.24) is 4.98 Å². The number of hydrogen-bond donors (Lipinski definition) is 1. The number of thiazole rings is 1. The van der Waals surface area contributed by atoms with Crippen molar-refractivity contribution in [3.05, 3.63) is 44.4 Å². The molecule has 3 heteroatoms. The van der Waals surface area contributed by atoms with E-state index in [1.165, 1.54) is 27.3 Å². The Bertz CT molecular complexity index is 552. The first kappa shape index (κ1) is 8.00. The summed E-state index contributed by atoms with van der Waals surface area (Å²) in [5, 5.41) is 0. The number of rotatable bonds is 0. The highest BCUT2D eigenvalue weighted by atomic mass is 32.1. The van der Waals surface area contributed by atoms with Gasteiger partial charge in [-0.3, -0.25) is 4.79 Å². The van der Waals surface area contributed by atoms with Crippen LogP contribution in [0.4, 0.5) is 0 Å². The van der Waals surface area contributed by atoms with Crippen molar-refractivity contribution in [1.29, 1.82) is 0 Å². The van der Waals surface area contributed by atoms with Crippen molar-refractivity contribution < 1.29 is 0 Å². The van der Waals surface area contributed by atoms with E-state index in [1.807, 2.05) is 12.1 Å². The van der Waals surface area contributed by atoms with Crippen molar-refractivity contribution in [2.75, 3.05) is 0 Å². The molecule has 0 bridgehead atoms. The number of aromatic nitrogens is 1. The number of H-pyrrole nitrogens is 1. The number of nitrogens with one attached hydrogen (secondary N) is 1. The molecule has 1 aromatic heterocycles. The van der Waals surface area contributed by atoms with Gasteiger partial charge in [-0.25, -0.2) is 0 Å². The van der Waals surface area contributed by atoms with E-state index in [-0.39, 0.29) is 4.87 Å². The van der Waals surface area contributed by atoms with Gasteiger partial charge in [0.15, 0.2) is 0 Å². The van der Waals surface area contributed by atoms with Crippen LogP contribution in [-0.2, 0) is 0 Å². The third-order valence-electron chi connectivity index (χ3n) is 2.77. The summed E-state index contributed by atoms with van der Waals surface area (Å²) >= 11 is 1.33. The zero-order valence-corrected chi connectivity index (χ0v) is 8.52. The Morgan fingerprint density at radius 3 is 3.00 bits per heavy atom. The summed E-state index contributed by atoms with van der Waals surface area (Å²) in [6.45, 7) is 2.15. The van der Waals surface area contributed by atoms with E-state index in [0.717, 1.165) is 5.69 Å². The molecule has 1 heterocycles. The summed E-state index contributed by atoms with van der Waals surface area (Å²) in [5.74, 6) is 0.366. The molecule has 1 aliphatic rings. The molecule has 1 aromatic carbocycles. The fourth-order valence-corrected chi connectivity index (χ4v) is 3.01. The van der Waals surface area contributed by atoms with E-state index in [0.29, 0.717) is 5.92 Å². The summed E-state index contributed by atoms with van der Waals surface area (Å²) in [7, 11) is 0. The normalized spacial score (nSPS) is 17.9. The lowest BCUT2D eigenvalue weighted by Gasteiger charge is -2.02. The third kappa shape index (κ3) is 0.876. The molecule has 0 aliphatic heterocycles. The van der Waals surface area contributed by atoms with Crippen molar-refractivity contribution >= 4 is 11.3 Å². The van der Waals surface area contributed by atoms with Gasteiger partial charge in [-0.1, -0.05) is 42.5 Å². The molecular weight excluding hydrogens is 194 g/mol. The number of benzene rings is 1. The lowest BCUT2D eigenvalue weighted by Crippen LogP contribution is -1.94. The summed E-state index contributed by atoms with van der Waals surface area (Å²) < 4.78 is 0. The number of aromatic amines is 1. The topological polar surface area (TPSA) is 32.9 Å². The third-order valence-corrected chi connectivity index (χ3v) is 3.83. The van der Waals surface area contributed by atoms with Gasteiger partial charge in [0.25, 0.3) is 0 Å². The molecule has 0 spiro atoms. The van der Waals surface area contributed by atoms with Crippen LogP contribution in [0.25, 0.3) is 11.3 Å². The quantitative estimate of drug-likeness (QED) is 0.701. The van der Waals surface area contributed by atoms with Crippen molar-refractivity contribution in [2.45, 2.75) is 12.8 Å². The predicted molar refractivity (Wildman–Crippen MR) is 57.9 cm³/mol. The van der Waals surface area contributed by atoms with Gasteiger partial charge in [-0.2, -0.15) is 0 Å². The molecule has 0 amide bonds. The van der Waals surface area contributed by atoms with Crippen LogP contribution in [-0.4, -0.2) is 4.98 Å². The molecule has 0 fully saturated rings. The van der Waals surface area contributed by atoms with Crippen LogP contribution in [0.2, 0.25) is 0 Å². The zero-order valence-electron chi connectivity index (χ0n) is 7.70. The minimum absolute atomic E-state index is 0.0522. The Kier molecular flexibility index (Phi) is 1.47. The average Bonchev–Trinajstić information content (AvgIpc) is 2.68. The maximum Gasteiger partial charge on any atom is 0.305 e. The average molecular weight is 203 g/mol.